The van der Waals surface area contributed by atoms with Gasteiger partial charge in [0.15, 0.2) is 0 Å². The summed E-state index contributed by atoms with van der Waals surface area (Å²) in [5.74, 6) is -0.312. The molecular weight excluding hydrogens is 340 g/mol. The maximum Gasteiger partial charge on any atom is 0.312 e. The Balaban J connectivity index is 1.96. The first-order chi connectivity index (χ1) is 11.8. The number of primary amides is 1. The van der Waals surface area contributed by atoms with Gasteiger partial charge in [0.05, 0.1) is 4.88 Å². The van der Waals surface area contributed by atoms with E-state index in [-0.39, 0.29) is 11.8 Å². The molecule has 0 saturated carbocycles. The maximum atomic E-state index is 12.3. The van der Waals surface area contributed by atoms with Gasteiger partial charge >= 0.3 is 6.03 Å². The number of fused-ring (bicyclic) bond motifs is 1. The Bertz CT molecular complexity index is 658. The molecule has 25 heavy (non-hydrogen) atoms. The summed E-state index contributed by atoms with van der Waals surface area (Å²) in [7, 11) is 0. The monoisotopic (exact) mass is 366 g/mol. The molecule has 3 atom stereocenters. The molecule has 0 aromatic carbocycles. The van der Waals surface area contributed by atoms with E-state index in [1.54, 1.807) is 0 Å². The van der Waals surface area contributed by atoms with Crippen molar-refractivity contribution < 1.29 is 14.4 Å². The topological polar surface area (TPSA) is 113 Å². The third kappa shape index (κ3) is 4.94. The molecule has 0 saturated heterocycles. The van der Waals surface area contributed by atoms with Gasteiger partial charge in [-0.25, -0.2) is 4.79 Å². The van der Waals surface area contributed by atoms with Crippen LogP contribution in [0.15, 0.2) is 6.07 Å². The van der Waals surface area contributed by atoms with E-state index in [4.69, 9.17) is 5.73 Å². The van der Waals surface area contributed by atoms with Crippen LogP contribution in [0, 0.1) is 11.8 Å². The second-order valence-corrected chi connectivity index (χ2v) is 7.86. The molecule has 1 aromatic heterocycles. The van der Waals surface area contributed by atoms with Crippen molar-refractivity contribution in [1.82, 2.24) is 16.2 Å². The lowest BCUT2D eigenvalue weighted by Crippen LogP contribution is -2.55. The number of urea groups is 1. The van der Waals surface area contributed by atoms with Crippen LogP contribution >= 0.6 is 11.3 Å². The molecule has 4 amide bonds. The van der Waals surface area contributed by atoms with Gasteiger partial charge in [-0.05, 0) is 42.7 Å². The van der Waals surface area contributed by atoms with Gasteiger partial charge < -0.3 is 11.1 Å². The highest BCUT2D eigenvalue weighted by atomic mass is 32.1. The molecule has 7 nitrogen and oxygen atoms in total. The molecule has 1 aliphatic carbocycles. The van der Waals surface area contributed by atoms with Crippen LogP contribution in [0.25, 0.3) is 0 Å². The summed E-state index contributed by atoms with van der Waals surface area (Å²) >= 11 is 1.47. The predicted molar refractivity (Wildman–Crippen MR) is 97.1 cm³/mol. The summed E-state index contributed by atoms with van der Waals surface area (Å²) in [5, 5.41) is 2.42. The summed E-state index contributed by atoms with van der Waals surface area (Å²) in [6, 6.07) is 0.345. The van der Waals surface area contributed by atoms with E-state index in [2.05, 4.69) is 23.1 Å². The van der Waals surface area contributed by atoms with E-state index in [0.717, 1.165) is 19.3 Å². The fraction of sp³-hybridized carbons (Fsp3) is 0.588. The highest BCUT2D eigenvalue weighted by Crippen LogP contribution is 2.32. The molecule has 0 radical (unpaired) electrons. The molecule has 0 aliphatic heterocycles. The van der Waals surface area contributed by atoms with Crippen LogP contribution in [0.3, 0.4) is 0 Å². The van der Waals surface area contributed by atoms with Crippen molar-refractivity contribution in [3.05, 3.63) is 21.4 Å². The number of amides is 4. The lowest BCUT2D eigenvalue weighted by Gasteiger charge is -2.22. The van der Waals surface area contributed by atoms with Crippen LogP contribution in [0.2, 0.25) is 0 Å². The lowest BCUT2D eigenvalue weighted by atomic mass is 9.90. The van der Waals surface area contributed by atoms with Gasteiger partial charge in [0.25, 0.3) is 11.8 Å². The van der Waals surface area contributed by atoms with Gasteiger partial charge in [-0.15, -0.1) is 11.3 Å². The first-order valence-electron chi connectivity index (χ1n) is 8.59. The van der Waals surface area contributed by atoms with Crippen LogP contribution in [-0.4, -0.2) is 23.9 Å². The summed E-state index contributed by atoms with van der Waals surface area (Å²) in [5.41, 5.74) is 11.2. The molecule has 1 aromatic rings. The largest absolute Gasteiger partial charge is 0.352 e. The van der Waals surface area contributed by atoms with Crippen molar-refractivity contribution in [3.63, 3.8) is 0 Å². The van der Waals surface area contributed by atoms with Gasteiger partial charge in [0.2, 0.25) is 0 Å². The quantitative estimate of drug-likeness (QED) is 0.595. The molecule has 0 spiro atoms. The average molecular weight is 366 g/mol. The van der Waals surface area contributed by atoms with Crippen molar-refractivity contribution in [2.75, 3.05) is 0 Å². The molecule has 8 heteroatoms. The van der Waals surface area contributed by atoms with Crippen molar-refractivity contribution in [2.24, 2.45) is 17.6 Å². The Hall–Kier alpha value is -2.09. The lowest BCUT2D eigenvalue weighted by molar-refractivity contribution is -0.124. The van der Waals surface area contributed by atoms with Crippen molar-refractivity contribution in [2.45, 2.75) is 52.5 Å². The van der Waals surface area contributed by atoms with Crippen LogP contribution in [0.5, 0.6) is 0 Å². The summed E-state index contributed by atoms with van der Waals surface area (Å²) < 4.78 is 0. The Morgan fingerprint density at radius 2 is 2.08 bits per heavy atom. The SMILES string of the molecule is CC[C@H](C)[C@H](NC(N)=O)C(=O)NNC(=O)c1cc2c(s1)CC[C@@H](C)C2. The number of hydrogen-bond acceptors (Lipinski definition) is 4. The molecule has 2 rings (SSSR count). The molecule has 138 valence electrons. The van der Waals surface area contributed by atoms with Gasteiger partial charge in [-0.3, -0.25) is 20.4 Å². The zero-order valence-corrected chi connectivity index (χ0v) is 15.7. The third-order valence-electron chi connectivity index (χ3n) is 4.65. The Kier molecular flexibility index (Phi) is 6.41. The number of carbonyl (C=O) groups excluding carboxylic acids is 3. The summed E-state index contributed by atoms with van der Waals surface area (Å²) in [6.45, 7) is 5.95. The molecule has 1 heterocycles. The Morgan fingerprint density at radius 3 is 2.72 bits per heavy atom. The molecular formula is C17H26N4O3S. The molecule has 0 fully saturated rings. The molecule has 0 bridgehead atoms. The number of hydrogen-bond donors (Lipinski definition) is 4. The van der Waals surface area contributed by atoms with Crippen molar-refractivity contribution in [1.29, 1.82) is 0 Å². The predicted octanol–water partition coefficient (Wildman–Crippen LogP) is 1.72. The highest BCUT2D eigenvalue weighted by Gasteiger charge is 2.26. The zero-order valence-electron chi connectivity index (χ0n) is 14.8. The van der Waals surface area contributed by atoms with E-state index in [9.17, 15) is 14.4 Å². The number of rotatable bonds is 5. The van der Waals surface area contributed by atoms with Gasteiger partial charge in [-0.2, -0.15) is 0 Å². The number of thiophene rings is 1. The third-order valence-corrected chi connectivity index (χ3v) is 5.88. The van der Waals surface area contributed by atoms with E-state index in [0.29, 0.717) is 17.2 Å². The Morgan fingerprint density at radius 1 is 1.36 bits per heavy atom. The van der Waals surface area contributed by atoms with E-state index in [1.165, 1.54) is 21.8 Å². The van der Waals surface area contributed by atoms with Crippen molar-refractivity contribution >= 4 is 29.2 Å². The fourth-order valence-corrected chi connectivity index (χ4v) is 4.03. The van der Waals surface area contributed by atoms with Crippen LogP contribution < -0.4 is 21.9 Å². The van der Waals surface area contributed by atoms with Gasteiger partial charge in [0.1, 0.15) is 6.04 Å². The fourth-order valence-electron chi connectivity index (χ4n) is 2.93. The minimum atomic E-state index is -0.791. The van der Waals surface area contributed by atoms with Crippen LogP contribution in [-0.2, 0) is 17.6 Å². The number of nitrogens with two attached hydrogens (primary N) is 1. The second kappa shape index (κ2) is 8.33. The minimum absolute atomic E-state index is 0.111. The smallest absolute Gasteiger partial charge is 0.312 e. The molecule has 1 aliphatic rings. The zero-order chi connectivity index (χ0) is 18.6. The summed E-state index contributed by atoms with van der Waals surface area (Å²) in [4.78, 5) is 37.5. The number of hydrazine groups is 1. The van der Waals surface area contributed by atoms with Gasteiger partial charge in [0, 0.05) is 4.88 Å². The standard InChI is InChI=1S/C17H26N4O3S/c1-4-10(3)14(19-17(18)24)16(23)21-20-15(22)13-8-11-7-9(2)5-6-12(11)25-13/h8-10,14H,4-7H2,1-3H3,(H,20,22)(H,21,23)(H3,18,19,24)/t9-,10+,14+/m1/s1. The number of carbonyl (C=O) groups is 3. The summed E-state index contributed by atoms with van der Waals surface area (Å²) in [6.07, 6.45) is 3.81. The molecule has 0 unspecified atom stereocenters. The number of nitrogens with one attached hydrogen (secondary N) is 3. The second-order valence-electron chi connectivity index (χ2n) is 6.72. The highest BCUT2D eigenvalue weighted by molar-refractivity contribution is 7.14. The maximum absolute atomic E-state index is 12.3. The first kappa shape index (κ1) is 19.2. The normalized spacial score (nSPS) is 18.6. The van der Waals surface area contributed by atoms with Crippen molar-refractivity contribution in [3.8, 4) is 0 Å². The first-order valence-corrected chi connectivity index (χ1v) is 9.41. The van der Waals surface area contributed by atoms with Crippen LogP contribution in [0.1, 0.15) is 53.7 Å². The Labute approximate surface area is 151 Å². The number of aryl methyl sites for hydroxylation is 1. The average Bonchev–Trinajstić information content (AvgIpc) is 2.99. The van der Waals surface area contributed by atoms with E-state index in [1.807, 2.05) is 19.9 Å². The minimum Gasteiger partial charge on any atom is -0.352 e. The van der Waals surface area contributed by atoms with E-state index < -0.39 is 18.0 Å². The van der Waals surface area contributed by atoms with Gasteiger partial charge in [-0.1, -0.05) is 27.2 Å². The molecule has 5 N–H and O–H groups in total. The van der Waals surface area contributed by atoms with Crippen LogP contribution in [0.4, 0.5) is 4.79 Å². The van der Waals surface area contributed by atoms with E-state index >= 15 is 0 Å².